The van der Waals surface area contributed by atoms with Crippen LogP contribution in [0.15, 0.2) is 36.9 Å². The van der Waals surface area contributed by atoms with Gasteiger partial charge in [0.15, 0.2) is 0 Å². The summed E-state index contributed by atoms with van der Waals surface area (Å²) in [6.45, 7) is 5.57. The summed E-state index contributed by atoms with van der Waals surface area (Å²) in [4.78, 5) is 6.55. The molecule has 4 nitrogen and oxygen atoms in total. The Kier molecular flexibility index (Phi) is 4.35. The van der Waals surface area contributed by atoms with Crippen LogP contribution >= 0.6 is 11.6 Å². The van der Waals surface area contributed by atoms with Gasteiger partial charge < -0.3 is 14.8 Å². The molecular formula is C15H19ClN4. The van der Waals surface area contributed by atoms with Gasteiger partial charge in [-0.05, 0) is 24.1 Å². The van der Waals surface area contributed by atoms with E-state index in [0.29, 0.717) is 0 Å². The average Bonchev–Trinajstić information content (AvgIpc) is 3.00. The first-order valence-electron chi connectivity index (χ1n) is 7.03. The second-order valence-corrected chi connectivity index (χ2v) is 5.50. The summed E-state index contributed by atoms with van der Waals surface area (Å²) in [5, 5.41) is 4.15. The van der Waals surface area contributed by atoms with Gasteiger partial charge in [-0.2, -0.15) is 0 Å². The Balaban J connectivity index is 1.64. The number of halogens is 1. The molecule has 0 spiro atoms. The van der Waals surface area contributed by atoms with Crippen LogP contribution in [0, 0.1) is 0 Å². The fraction of sp³-hybridized carbons (Fsp3) is 0.400. The van der Waals surface area contributed by atoms with Gasteiger partial charge in [-0.3, -0.25) is 0 Å². The van der Waals surface area contributed by atoms with Gasteiger partial charge in [0, 0.05) is 45.1 Å². The lowest BCUT2D eigenvalue weighted by Crippen LogP contribution is -2.44. The van der Waals surface area contributed by atoms with Crippen LogP contribution in [-0.4, -0.2) is 47.2 Å². The third-order valence-electron chi connectivity index (χ3n) is 3.72. The number of hydrogen-bond acceptors (Lipinski definition) is 3. The zero-order chi connectivity index (χ0) is 13.8. The Morgan fingerprint density at radius 1 is 1.25 bits per heavy atom. The topological polar surface area (TPSA) is 33.1 Å². The lowest BCUT2D eigenvalue weighted by atomic mass is 10.1. The molecule has 0 amide bonds. The largest absolute Gasteiger partial charge is 0.314 e. The fourth-order valence-electron chi connectivity index (χ4n) is 2.54. The van der Waals surface area contributed by atoms with Crippen LogP contribution in [0.4, 0.5) is 0 Å². The number of benzene rings is 1. The Labute approximate surface area is 124 Å². The summed E-state index contributed by atoms with van der Waals surface area (Å²) < 4.78 is 1.93. The standard InChI is InChI=1S/C15H19ClN4/c16-14-11-13(3-7-19-8-4-17-5-9-19)1-2-15(14)20-10-6-18-12-20/h1-2,6,10-12,17H,3-5,7-9H2. The van der Waals surface area contributed by atoms with Crippen molar-refractivity contribution in [3.63, 3.8) is 0 Å². The first-order valence-corrected chi connectivity index (χ1v) is 7.40. The van der Waals surface area contributed by atoms with Gasteiger partial charge in [0.2, 0.25) is 0 Å². The van der Waals surface area contributed by atoms with E-state index in [9.17, 15) is 0 Å². The molecule has 0 aliphatic carbocycles. The maximum atomic E-state index is 6.37. The van der Waals surface area contributed by atoms with E-state index in [-0.39, 0.29) is 0 Å². The van der Waals surface area contributed by atoms with Gasteiger partial charge in [-0.1, -0.05) is 17.7 Å². The molecule has 1 saturated heterocycles. The lowest BCUT2D eigenvalue weighted by Gasteiger charge is -2.27. The second kappa shape index (κ2) is 6.39. The van der Waals surface area contributed by atoms with E-state index < -0.39 is 0 Å². The van der Waals surface area contributed by atoms with Crippen LogP contribution in [0.25, 0.3) is 5.69 Å². The van der Waals surface area contributed by atoms with E-state index in [1.54, 1.807) is 12.5 Å². The number of nitrogens with one attached hydrogen (secondary N) is 1. The van der Waals surface area contributed by atoms with Crippen LogP contribution in [-0.2, 0) is 6.42 Å². The highest BCUT2D eigenvalue weighted by Gasteiger charge is 2.10. The van der Waals surface area contributed by atoms with Crippen molar-refractivity contribution in [3.8, 4) is 5.69 Å². The number of aromatic nitrogens is 2. The first kappa shape index (κ1) is 13.6. The third kappa shape index (κ3) is 3.20. The van der Waals surface area contributed by atoms with Gasteiger partial charge in [0.25, 0.3) is 0 Å². The number of imidazole rings is 1. The molecule has 0 unspecified atom stereocenters. The molecular weight excluding hydrogens is 272 g/mol. The van der Waals surface area contributed by atoms with Crippen molar-refractivity contribution in [1.29, 1.82) is 0 Å². The molecule has 20 heavy (non-hydrogen) atoms. The summed E-state index contributed by atoms with van der Waals surface area (Å²) in [6, 6.07) is 6.29. The predicted molar refractivity (Wildman–Crippen MR) is 81.6 cm³/mol. The molecule has 1 aromatic heterocycles. The summed E-state index contributed by atoms with van der Waals surface area (Å²) in [5.41, 5.74) is 2.27. The van der Waals surface area contributed by atoms with Crippen molar-refractivity contribution in [2.24, 2.45) is 0 Å². The summed E-state index contributed by atoms with van der Waals surface area (Å²) in [7, 11) is 0. The first-order chi connectivity index (χ1) is 9.83. The maximum absolute atomic E-state index is 6.37. The van der Waals surface area contributed by atoms with Gasteiger partial charge >= 0.3 is 0 Å². The molecule has 2 heterocycles. The minimum atomic E-state index is 0.779. The molecule has 0 radical (unpaired) electrons. The van der Waals surface area contributed by atoms with Crippen LogP contribution in [0.2, 0.25) is 5.02 Å². The maximum Gasteiger partial charge on any atom is 0.0992 e. The SMILES string of the molecule is Clc1cc(CCN2CCNCC2)ccc1-n1ccnc1. The van der Waals surface area contributed by atoms with Gasteiger partial charge in [-0.15, -0.1) is 0 Å². The molecule has 1 N–H and O–H groups in total. The molecule has 0 atom stereocenters. The molecule has 0 bridgehead atoms. The Hall–Kier alpha value is -1.36. The number of piperazine rings is 1. The third-order valence-corrected chi connectivity index (χ3v) is 4.02. The van der Waals surface area contributed by atoms with Crippen LogP contribution in [0.3, 0.4) is 0 Å². The van der Waals surface area contributed by atoms with E-state index in [0.717, 1.165) is 49.9 Å². The quantitative estimate of drug-likeness (QED) is 0.935. The number of hydrogen-bond donors (Lipinski definition) is 1. The molecule has 106 valence electrons. The summed E-state index contributed by atoms with van der Waals surface area (Å²) in [6.07, 6.45) is 6.47. The smallest absolute Gasteiger partial charge is 0.0992 e. The van der Waals surface area contributed by atoms with Crippen LogP contribution < -0.4 is 5.32 Å². The molecule has 1 aliphatic heterocycles. The average molecular weight is 291 g/mol. The van der Waals surface area contributed by atoms with E-state index >= 15 is 0 Å². The molecule has 1 aromatic carbocycles. The van der Waals surface area contributed by atoms with Crippen LogP contribution in [0.1, 0.15) is 5.56 Å². The number of rotatable bonds is 4. The Morgan fingerprint density at radius 2 is 2.10 bits per heavy atom. The van der Waals surface area contributed by atoms with Crippen molar-refractivity contribution in [2.45, 2.75) is 6.42 Å². The highest BCUT2D eigenvalue weighted by molar-refractivity contribution is 6.32. The van der Waals surface area contributed by atoms with Gasteiger partial charge in [0.05, 0.1) is 17.0 Å². The molecule has 5 heteroatoms. The molecule has 2 aromatic rings. The monoisotopic (exact) mass is 290 g/mol. The minimum Gasteiger partial charge on any atom is -0.314 e. The van der Waals surface area contributed by atoms with E-state index in [2.05, 4.69) is 33.4 Å². The van der Waals surface area contributed by atoms with Gasteiger partial charge in [-0.25, -0.2) is 4.98 Å². The highest BCUT2D eigenvalue weighted by atomic mass is 35.5. The summed E-state index contributed by atoms with van der Waals surface area (Å²) in [5.74, 6) is 0. The normalized spacial score (nSPS) is 16.4. The van der Waals surface area contributed by atoms with E-state index in [1.165, 1.54) is 5.56 Å². The van der Waals surface area contributed by atoms with Crippen molar-refractivity contribution in [1.82, 2.24) is 19.8 Å². The van der Waals surface area contributed by atoms with Crippen molar-refractivity contribution >= 4 is 11.6 Å². The van der Waals surface area contributed by atoms with Crippen molar-refractivity contribution in [3.05, 3.63) is 47.5 Å². The highest BCUT2D eigenvalue weighted by Crippen LogP contribution is 2.22. The zero-order valence-electron chi connectivity index (χ0n) is 11.4. The second-order valence-electron chi connectivity index (χ2n) is 5.10. The van der Waals surface area contributed by atoms with Crippen molar-refractivity contribution < 1.29 is 0 Å². The molecule has 3 rings (SSSR count). The minimum absolute atomic E-state index is 0.779. The molecule has 1 fully saturated rings. The van der Waals surface area contributed by atoms with Crippen LogP contribution in [0.5, 0.6) is 0 Å². The fourth-order valence-corrected chi connectivity index (χ4v) is 2.84. The molecule has 0 saturated carbocycles. The zero-order valence-corrected chi connectivity index (χ0v) is 12.2. The van der Waals surface area contributed by atoms with E-state index in [1.807, 2.05) is 10.8 Å². The summed E-state index contributed by atoms with van der Waals surface area (Å²) >= 11 is 6.37. The lowest BCUT2D eigenvalue weighted by molar-refractivity contribution is 0.244. The number of nitrogens with zero attached hydrogens (tertiary/aromatic N) is 3. The predicted octanol–water partition coefficient (Wildman–Crippen LogP) is 1.97. The van der Waals surface area contributed by atoms with E-state index in [4.69, 9.17) is 11.6 Å². The Bertz CT molecular complexity index is 547. The van der Waals surface area contributed by atoms with Crippen molar-refractivity contribution in [2.75, 3.05) is 32.7 Å². The molecule has 1 aliphatic rings. The van der Waals surface area contributed by atoms with Gasteiger partial charge in [0.1, 0.15) is 0 Å². The Morgan fingerprint density at radius 3 is 2.80 bits per heavy atom.